The van der Waals surface area contributed by atoms with Gasteiger partial charge in [0.2, 0.25) is 0 Å². The molecule has 0 saturated heterocycles. The second-order valence-electron chi connectivity index (χ2n) is 8.34. The fourth-order valence-corrected chi connectivity index (χ4v) is 4.23. The van der Waals surface area contributed by atoms with Crippen molar-refractivity contribution in [2.75, 3.05) is 13.1 Å². The van der Waals surface area contributed by atoms with Crippen molar-refractivity contribution in [1.29, 1.82) is 0 Å². The number of pyridine rings is 2. The molecule has 3 heterocycles. The van der Waals surface area contributed by atoms with Crippen LogP contribution in [-0.4, -0.2) is 32.8 Å². The summed E-state index contributed by atoms with van der Waals surface area (Å²) in [5.74, 6) is -0.621. The third kappa shape index (κ3) is 4.81. The summed E-state index contributed by atoms with van der Waals surface area (Å²) in [7, 11) is 0. The van der Waals surface area contributed by atoms with Gasteiger partial charge in [-0.05, 0) is 72.6 Å². The Morgan fingerprint density at radius 1 is 0.771 bits per heavy atom. The van der Waals surface area contributed by atoms with E-state index >= 15 is 0 Å². The first kappa shape index (κ1) is 22.8. The molecule has 3 aromatic heterocycles. The van der Waals surface area contributed by atoms with Crippen molar-refractivity contribution in [1.82, 2.24) is 25.1 Å². The van der Waals surface area contributed by atoms with Gasteiger partial charge in [-0.15, -0.1) is 0 Å². The van der Waals surface area contributed by atoms with Gasteiger partial charge < -0.3 is 5.32 Å². The van der Waals surface area contributed by atoms with Gasteiger partial charge in [0, 0.05) is 47.2 Å². The van der Waals surface area contributed by atoms with Crippen LogP contribution >= 0.6 is 0 Å². The maximum absolute atomic E-state index is 13.8. The zero-order chi connectivity index (χ0) is 24.2. The third-order valence-electron chi connectivity index (χ3n) is 5.88. The molecule has 0 bridgehead atoms. The van der Waals surface area contributed by atoms with Gasteiger partial charge in [-0.1, -0.05) is 19.1 Å². The molecular formula is C28H25F2N5. The second-order valence-corrected chi connectivity index (χ2v) is 8.34. The molecule has 0 aliphatic rings. The molecule has 0 saturated carbocycles. The van der Waals surface area contributed by atoms with Crippen molar-refractivity contribution in [2.45, 2.75) is 19.9 Å². The monoisotopic (exact) mass is 469 g/mol. The van der Waals surface area contributed by atoms with Crippen LogP contribution in [0.2, 0.25) is 0 Å². The minimum absolute atomic E-state index is 0.305. The number of fused-ring (bicyclic) bond motifs is 1. The highest BCUT2D eigenvalue weighted by atomic mass is 19.1. The molecule has 7 heteroatoms. The van der Waals surface area contributed by atoms with Gasteiger partial charge in [-0.3, -0.25) is 9.67 Å². The first-order chi connectivity index (χ1) is 17.1. The first-order valence-corrected chi connectivity index (χ1v) is 11.7. The summed E-state index contributed by atoms with van der Waals surface area (Å²) in [6.45, 7) is 4.55. The smallest absolute Gasteiger partial charge is 0.182 e. The molecule has 0 aliphatic carbocycles. The van der Waals surface area contributed by atoms with Crippen LogP contribution in [0.3, 0.4) is 0 Å². The first-order valence-electron chi connectivity index (χ1n) is 11.7. The zero-order valence-electron chi connectivity index (χ0n) is 19.4. The molecule has 0 aliphatic heterocycles. The average molecular weight is 470 g/mol. The molecular weight excluding hydrogens is 444 g/mol. The summed E-state index contributed by atoms with van der Waals surface area (Å²) in [6, 6.07) is 16.6. The zero-order valence-corrected chi connectivity index (χ0v) is 19.4. The molecule has 0 unspecified atom stereocenters. The van der Waals surface area contributed by atoms with Crippen LogP contribution in [0.4, 0.5) is 8.78 Å². The van der Waals surface area contributed by atoms with E-state index in [0.717, 1.165) is 52.7 Å². The minimum Gasteiger partial charge on any atom is -0.315 e. The van der Waals surface area contributed by atoms with Crippen LogP contribution in [0.25, 0.3) is 44.5 Å². The van der Waals surface area contributed by atoms with Crippen LogP contribution in [0.1, 0.15) is 13.3 Å². The summed E-state index contributed by atoms with van der Waals surface area (Å²) in [6.07, 6.45) is 6.51. The van der Waals surface area contributed by atoms with Gasteiger partial charge in [0.15, 0.2) is 5.65 Å². The number of nitrogens with zero attached hydrogens (tertiary/aromatic N) is 4. The number of nitrogens with one attached hydrogen (secondary N) is 1. The molecule has 176 valence electrons. The Kier molecular flexibility index (Phi) is 6.59. The predicted molar refractivity (Wildman–Crippen MR) is 135 cm³/mol. The number of halogens is 2. The molecule has 5 nitrogen and oxygen atoms in total. The quantitative estimate of drug-likeness (QED) is 0.279. The Labute approximate surface area is 202 Å². The van der Waals surface area contributed by atoms with E-state index in [2.05, 4.69) is 17.2 Å². The van der Waals surface area contributed by atoms with Gasteiger partial charge in [0.25, 0.3) is 0 Å². The lowest BCUT2D eigenvalue weighted by Crippen LogP contribution is -2.20. The topological polar surface area (TPSA) is 55.6 Å². The van der Waals surface area contributed by atoms with Crippen molar-refractivity contribution in [3.8, 4) is 33.5 Å². The molecule has 0 amide bonds. The number of benzene rings is 2. The minimum atomic E-state index is -0.317. The highest BCUT2D eigenvalue weighted by molar-refractivity contribution is 6.05. The van der Waals surface area contributed by atoms with E-state index in [-0.39, 0.29) is 11.6 Å². The van der Waals surface area contributed by atoms with Crippen molar-refractivity contribution in [3.05, 3.63) is 90.9 Å². The lowest BCUT2D eigenvalue weighted by molar-refractivity contribution is 0.556. The normalized spacial score (nSPS) is 11.3. The summed E-state index contributed by atoms with van der Waals surface area (Å²) < 4.78 is 29.5. The van der Waals surface area contributed by atoms with E-state index in [1.165, 1.54) is 24.3 Å². The van der Waals surface area contributed by atoms with Crippen LogP contribution in [0.15, 0.2) is 79.3 Å². The Balaban J connectivity index is 1.78. The lowest BCUT2D eigenvalue weighted by Gasteiger charge is -2.16. The van der Waals surface area contributed by atoms with Crippen molar-refractivity contribution < 1.29 is 8.78 Å². The van der Waals surface area contributed by atoms with Gasteiger partial charge in [-0.25, -0.2) is 13.8 Å². The largest absolute Gasteiger partial charge is 0.315 e. The molecule has 5 rings (SSSR count). The van der Waals surface area contributed by atoms with Gasteiger partial charge in [-0.2, -0.15) is 5.10 Å². The van der Waals surface area contributed by atoms with Crippen molar-refractivity contribution >= 4 is 11.0 Å². The van der Waals surface area contributed by atoms with Gasteiger partial charge >= 0.3 is 0 Å². The maximum Gasteiger partial charge on any atom is 0.182 e. The number of rotatable bonds is 8. The van der Waals surface area contributed by atoms with E-state index in [9.17, 15) is 8.78 Å². The summed E-state index contributed by atoms with van der Waals surface area (Å²) in [5, 5.41) is 9.02. The van der Waals surface area contributed by atoms with Crippen LogP contribution in [0.5, 0.6) is 0 Å². The van der Waals surface area contributed by atoms with Crippen molar-refractivity contribution in [3.63, 3.8) is 0 Å². The second kappa shape index (κ2) is 10.1. The summed E-state index contributed by atoms with van der Waals surface area (Å²) >= 11 is 0. The fraction of sp³-hybridized carbons (Fsp3) is 0.179. The number of aromatic nitrogens is 4. The van der Waals surface area contributed by atoms with E-state index in [1.807, 2.05) is 23.0 Å². The van der Waals surface area contributed by atoms with E-state index in [0.29, 0.717) is 17.9 Å². The molecule has 2 aromatic carbocycles. The molecule has 0 fully saturated rings. The van der Waals surface area contributed by atoms with Crippen molar-refractivity contribution in [2.24, 2.45) is 0 Å². The highest BCUT2D eigenvalue weighted by Crippen LogP contribution is 2.42. The summed E-state index contributed by atoms with van der Waals surface area (Å²) in [5.41, 5.74) is 5.54. The third-order valence-corrected chi connectivity index (χ3v) is 5.88. The Bertz CT molecular complexity index is 1430. The lowest BCUT2D eigenvalue weighted by atomic mass is 9.90. The molecule has 5 aromatic rings. The average Bonchev–Trinajstić information content (AvgIpc) is 3.30. The Hall–Kier alpha value is -3.97. The highest BCUT2D eigenvalue weighted by Gasteiger charge is 2.21. The van der Waals surface area contributed by atoms with Crippen LogP contribution < -0.4 is 5.32 Å². The summed E-state index contributed by atoms with van der Waals surface area (Å²) in [4.78, 5) is 9.12. The molecule has 0 radical (unpaired) electrons. The molecule has 0 spiro atoms. The van der Waals surface area contributed by atoms with E-state index in [1.54, 1.807) is 36.7 Å². The maximum atomic E-state index is 13.8. The van der Waals surface area contributed by atoms with Gasteiger partial charge in [0.05, 0.1) is 12.2 Å². The van der Waals surface area contributed by atoms with Crippen LogP contribution in [0, 0.1) is 11.6 Å². The van der Waals surface area contributed by atoms with E-state index in [4.69, 9.17) is 10.1 Å². The Morgan fingerprint density at radius 3 is 2.06 bits per heavy atom. The van der Waals surface area contributed by atoms with E-state index < -0.39 is 0 Å². The fourth-order valence-electron chi connectivity index (χ4n) is 4.23. The number of hydrogen-bond acceptors (Lipinski definition) is 4. The van der Waals surface area contributed by atoms with Gasteiger partial charge in [0.1, 0.15) is 11.6 Å². The standard InChI is InChI=1S/C28H25F2N5/c1-2-13-31-16-17-35-18-24-25(19-3-7-22(29)8-4-19)26(20-11-14-32-15-12-20)27(33-28(24)34-35)21-5-9-23(30)10-6-21/h3-12,14-15,18,31H,2,13,16-17H2,1H3. The molecule has 1 N–H and O–H groups in total. The molecule has 0 atom stereocenters. The number of hydrogen-bond donors (Lipinski definition) is 1. The SMILES string of the molecule is CCCNCCn1cc2c(-c3ccc(F)cc3)c(-c3ccncc3)c(-c3ccc(F)cc3)nc2n1. The van der Waals surface area contributed by atoms with Crippen LogP contribution in [-0.2, 0) is 6.54 Å². The molecule has 35 heavy (non-hydrogen) atoms. The predicted octanol–water partition coefficient (Wildman–Crippen LogP) is 6.11. The Morgan fingerprint density at radius 2 is 1.40 bits per heavy atom.